The molecule has 1 heterocycles. The number of rotatable bonds is 6. The van der Waals surface area contributed by atoms with Crippen LogP contribution in [0.4, 0.5) is 0 Å². The summed E-state index contributed by atoms with van der Waals surface area (Å²) in [5.41, 5.74) is 6.80. The molecular formula is C16H19N3O4S. The van der Waals surface area contributed by atoms with Gasteiger partial charge in [-0.15, -0.1) is 0 Å². The van der Waals surface area contributed by atoms with Crippen LogP contribution in [-0.2, 0) is 14.3 Å². The maximum absolute atomic E-state index is 12.4. The van der Waals surface area contributed by atoms with Crippen LogP contribution in [0.1, 0.15) is 25.5 Å². The van der Waals surface area contributed by atoms with Gasteiger partial charge in [0.15, 0.2) is 11.7 Å². The Morgan fingerprint density at radius 3 is 2.71 bits per heavy atom. The molecule has 128 valence electrons. The zero-order valence-electron chi connectivity index (χ0n) is 13.4. The molecule has 0 aromatic heterocycles. The first-order valence-electron chi connectivity index (χ1n) is 7.39. The van der Waals surface area contributed by atoms with E-state index in [0.717, 1.165) is 0 Å². The molecule has 4 N–H and O–H groups in total. The second kappa shape index (κ2) is 7.78. The van der Waals surface area contributed by atoms with Crippen LogP contribution in [-0.4, -0.2) is 30.2 Å². The number of benzene rings is 1. The van der Waals surface area contributed by atoms with E-state index in [9.17, 15) is 9.59 Å². The number of carbonyl (C=O) groups is 2. The van der Waals surface area contributed by atoms with Gasteiger partial charge in [-0.25, -0.2) is 4.79 Å². The van der Waals surface area contributed by atoms with Crippen LogP contribution in [0.2, 0.25) is 0 Å². The Morgan fingerprint density at radius 2 is 2.04 bits per heavy atom. The molecule has 0 radical (unpaired) electrons. The Balaban J connectivity index is 2.44. The van der Waals surface area contributed by atoms with Crippen molar-refractivity contribution in [3.63, 3.8) is 0 Å². The second-order valence-electron chi connectivity index (χ2n) is 5.08. The number of amides is 1. The Bertz CT molecular complexity index is 702. The highest BCUT2D eigenvalue weighted by atomic mass is 32.1. The van der Waals surface area contributed by atoms with Crippen molar-refractivity contribution in [3.05, 3.63) is 41.1 Å². The minimum Gasteiger partial charge on any atom is -0.483 e. The summed E-state index contributed by atoms with van der Waals surface area (Å²) in [6.45, 7) is 3.48. The lowest BCUT2D eigenvalue weighted by Gasteiger charge is -2.30. The number of allylic oxidation sites excluding steroid dienone is 1. The quantitative estimate of drug-likeness (QED) is 0.518. The fourth-order valence-corrected chi connectivity index (χ4v) is 2.68. The van der Waals surface area contributed by atoms with Crippen molar-refractivity contribution in [1.82, 2.24) is 10.6 Å². The molecule has 24 heavy (non-hydrogen) atoms. The first-order valence-corrected chi connectivity index (χ1v) is 7.80. The fraction of sp³-hybridized carbons (Fsp3) is 0.312. The van der Waals surface area contributed by atoms with E-state index in [1.54, 1.807) is 38.1 Å². The Labute approximate surface area is 145 Å². The van der Waals surface area contributed by atoms with Crippen molar-refractivity contribution in [2.24, 2.45) is 5.73 Å². The number of esters is 1. The average Bonchev–Trinajstić information content (AvgIpc) is 2.52. The summed E-state index contributed by atoms with van der Waals surface area (Å²) in [6, 6.07) is 6.50. The van der Waals surface area contributed by atoms with Crippen LogP contribution in [0.25, 0.3) is 0 Å². The molecule has 1 aromatic carbocycles. The van der Waals surface area contributed by atoms with Crippen molar-refractivity contribution in [3.8, 4) is 5.75 Å². The van der Waals surface area contributed by atoms with Gasteiger partial charge in [-0.2, -0.15) is 0 Å². The molecule has 8 heteroatoms. The summed E-state index contributed by atoms with van der Waals surface area (Å²) in [5.74, 6) is -0.601. The highest BCUT2D eigenvalue weighted by Crippen LogP contribution is 2.33. The van der Waals surface area contributed by atoms with Gasteiger partial charge in [-0.05, 0) is 32.1 Å². The molecule has 0 saturated heterocycles. The third kappa shape index (κ3) is 4.02. The number of para-hydroxylation sites is 1. The summed E-state index contributed by atoms with van der Waals surface area (Å²) in [6.07, 6.45) is 0. The standard InChI is InChI=1S/C16H19N3O4S/c1-3-22-15(21)13-9(2)18-16(24)19-14(13)10-6-4-5-7-11(10)23-8-12(17)20/h4-7,14H,3,8H2,1-2H3,(H2,17,20)(H2,18,19,24)/t14-/m1/s1. The van der Waals surface area contributed by atoms with E-state index in [-0.39, 0.29) is 13.2 Å². The number of nitrogens with two attached hydrogens (primary N) is 1. The molecule has 0 bridgehead atoms. The SMILES string of the molecule is CCOC(=O)C1=C(C)NC(=S)N[C@@H]1c1ccccc1OCC(N)=O. The zero-order valence-corrected chi connectivity index (χ0v) is 14.2. The zero-order chi connectivity index (χ0) is 17.7. The molecule has 0 saturated carbocycles. The van der Waals surface area contributed by atoms with E-state index in [0.29, 0.717) is 27.7 Å². The molecule has 2 rings (SSSR count). The third-order valence-electron chi connectivity index (χ3n) is 3.36. The number of primary amides is 1. The lowest BCUT2D eigenvalue weighted by molar-refractivity contribution is -0.139. The molecule has 0 aliphatic carbocycles. The first-order chi connectivity index (χ1) is 11.4. The van der Waals surface area contributed by atoms with Gasteiger partial charge in [0.25, 0.3) is 5.91 Å². The van der Waals surface area contributed by atoms with Crippen molar-refractivity contribution in [1.29, 1.82) is 0 Å². The van der Waals surface area contributed by atoms with Gasteiger partial charge in [-0.1, -0.05) is 18.2 Å². The maximum atomic E-state index is 12.4. The topological polar surface area (TPSA) is 103 Å². The number of hydrogen-bond acceptors (Lipinski definition) is 5. The molecule has 0 unspecified atom stereocenters. The van der Waals surface area contributed by atoms with Gasteiger partial charge in [0, 0.05) is 11.3 Å². The van der Waals surface area contributed by atoms with Crippen LogP contribution in [0.5, 0.6) is 5.75 Å². The predicted molar refractivity (Wildman–Crippen MR) is 92.1 cm³/mol. The number of nitrogens with one attached hydrogen (secondary N) is 2. The Hall–Kier alpha value is -2.61. The van der Waals surface area contributed by atoms with Crippen LogP contribution in [0, 0.1) is 0 Å². The average molecular weight is 349 g/mol. The van der Waals surface area contributed by atoms with Crippen LogP contribution in [0.15, 0.2) is 35.5 Å². The largest absolute Gasteiger partial charge is 0.483 e. The van der Waals surface area contributed by atoms with Crippen molar-refractivity contribution < 1.29 is 19.1 Å². The molecule has 1 aromatic rings. The summed E-state index contributed by atoms with van der Waals surface area (Å²) >= 11 is 5.19. The van der Waals surface area contributed by atoms with Gasteiger partial charge in [-0.3, -0.25) is 4.79 Å². The minimum atomic E-state index is -0.587. The van der Waals surface area contributed by atoms with Crippen molar-refractivity contribution in [2.45, 2.75) is 19.9 Å². The van der Waals surface area contributed by atoms with Crippen LogP contribution in [0.3, 0.4) is 0 Å². The van der Waals surface area contributed by atoms with E-state index < -0.39 is 17.9 Å². The summed E-state index contributed by atoms with van der Waals surface area (Å²) in [5, 5.41) is 6.35. The molecular weight excluding hydrogens is 330 g/mol. The van der Waals surface area contributed by atoms with E-state index >= 15 is 0 Å². The molecule has 7 nitrogen and oxygen atoms in total. The molecule has 0 spiro atoms. The second-order valence-corrected chi connectivity index (χ2v) is 5.49. The first kappa shape index (κ1) is 17.7. The number of ether oxygens (including phenoxy) is 2. The lowest BCUT2D eigenvalue weighted by atomic mass is 9.95. The smallest absolute Gasteiger partial charge is 0.338 e. The monoisotopic (exact) mass is 349 g/mol. The van der Waals surface area contributed by atoms with E-state index in [1.807, 2.05) is 0 Å². The normalized spacial score (nSPS) is 16.9. The third-order valence-corrected chi connectivity index (χ3v) is 3.58. The predicted octanol–water partition coefficient (Wildman–Crippen LogP) is 0.907. The molecule has 1 aliphatic heterocycles. The minimum absolute atomic E-state index is 0.257. The highest BCUT2D eigenvalue weighted by molar-refractivity contribution is 7.80. The molecule has 1 aliphatic rings. The Morgan fingerprint density at radius 1 is 1.33 bits per heavy atom. The van der Waals surface area contributed by atoms with Crippen molar-refractivity contribution >= 4 is 29.2 Å². The highest BCUT2D eigenvalue weighted by Gasteiger charge is 2.32. The van der Waals surface area contributed by atoms with Gasteiger partial charge in [0.1, 0.15) is 5.75 Å². The van der Waals surface area contributed by atoms with Crippen molar-refractivity contribution in [2.75, 3.05) is 13.2 Å². The number of thiocarbonyl (C=S) groups is 1. The fourth-order valence-electron chi connectivity index (χ4n) is 2.41. The molecule has 0 fully saturated rings. The lowest BCUT2D eigenvalue weighted by Crippen LogP contribution is -2.45. The molecule has 1 amide bonds. The summed E-state index contributed by atoms with van der Waals surface area (Å²) in [7, 11) is 0. The Kier molecular flexibility index (Phi) is 5.75. The summed E-state index contributed by atoms with van der Waals surface area (Å²) in [4.78, 5) is 23.3. The number of hydrogen-bond donors (Lipinski definition) is 3. The van der Waals surface area contributed by atoms with E-state index in [4.69, 9.17) is 27.4 Å². The van der Waals surface area contributed by atoms with E-state index in [1.165, 1.54) is 0 Å². The van der Waals surface area contributed by atoms with Gasteiger partial charge in [0.05, 0.1) is 18.2 Å². The van der Waals surface area contributed by atoms with Gasteiger partial charge >= 0.3 is 5.97 Å². The van der Waals surface area contributed by atoms with Crippen LogP contribution >= 0.6 is 12.2 Å². The maximum Gasteiger partial charge on any atom is 0.338 e. The van der Waals surface area contributed by atoms with Gasteiger partial charge < -0.3 is 25.8 Å². The number of carbonyl (C=O) groups excluding carboxylic acids is 2. The molecule has 1 atom stereocenters. The van der Waals surface area contributed by atoms with Crippen LogP contribution < -0.4 is 21.1 Å². The van der Waals surface area contributed by atoms with E-state index in [2.05, 4.69) is 10.6 Å². The summed E-state index contributed by atoms with van der Waals surface area (Å²) < 4.78 is 10.6. The van der Waals surface area contributed by atoms with Gasteiger partial charge in [0.2, 0.25) is 0 Å².